The van der Waals surface area contributed by atoms with Gasteiger partial charge in [-0.05, 0) is 41.8 Å². The van der Waals surface area contributed by atoms with Crippen molar-refractivity contribution in [1.82, 2.24) is 9.80 Å². The molecule has 2 aliphatic heterocycles. The van der Waals surface area contributed by atoms with E-state index in [0.29, 0.717) is 43.4 Å². The Morgan fingerprint density at radius 1 is 1.11 bits per heavy atom. The molecular weight excluding hydrogens is 462 g/mol. The second-order valence-electron chi connectivity index (χ2n) is 9.25. The van der Waals surface area contributed by atoms with Gasteiger partial charge in [0.1, 0.15) is 5.75 Å². The number of hydrogen-bond donors (Lipinski definition) is 2. The van der Waals surface area contributed by atoms with Gasteiger partial charge < -0.3 is 30.0 Å². The maximum absolute atomic E-state index is 13.4. The minimum absolute atomic E-state index is 0.0390. The SMILES string of the molecule is CCCCN(CCN)C(=O)CN1C[C@H](c2ccc3c(c2)OCO3)[C@H](C(=O)O)[C@H]1c1ccc(OC)cc1. The van der Waals surface area contributed by atoms with E-state index in [1.807, 2.05) is 47.4 Å². The van der Waals surface area contributed by atoms with Crippen LogP contribution in [0.3, 0.4) is 0 Å². The molecule has 0 unspecified atom stereocenters. The van der Waals surface area contributed by atoms with Gasteiger partial charge in [0, 0.05) is 38.1 Å². The number of carboxylic acid groups (broad SMARTS) is 1. The number of aliphatic carboxylic acids is 1. The number of carbonyl (C=O) groups is 2. The Bertz CT molecular complexity index is 1060. The zero-order chi connectivity index (χ0) is 25.7. The van der Waals surface area contributed by atoms with Gasteiger partial charge in [0.2, 0.25) is 12.7 Å². The number of benzene rings is 2. The predicted octanol–water partition coefficient (Wildman–Crippen LogP) is 2.85. The van der Waals surface area contributed by atoms with Gasteiger partial charge in [-0.2, -0.15) is 0 Å². The van der Waals surface area contributed by atoms with E-state index in [1.54, 1.807) is 12.0 Å². The topological polar surface area (TPSA) is 115 Å². The van der Waals surface area contributed by atoms with Crippen molar-refractivity contribution in [2.45, 2.75) is 31.7 Å². The van der Waals surface area contributed by atoms with E-state index < -0.39 is 17.9 Å². The van der Waals surface area contributed by atoms with Crippen LogP contribution in [0.1, 0.15) is 42.9 Å². The molecule has 1 saturated heterocycles. The number of carboxylic acids is 1. The van der Waals surface area contributed by atoms with E-state index in [1.165, 1.54) is 0 Å². The normalized spacial score (nSPS) is 20.9. The number of nitrogens with zero attached hydrogens (tertiary/aromatic N) is 2. The van der Waals surface area contributed by atoms with E-state index in [-0.39, 0.29) is 25.2 Å². The average Bonchev–Trinajstić information content (AvgIpc) is 3.50. The lowest BCUT2D eigenvalue weighted by Crippen LogP contribution is -2.43. The molecule has 0 radical (unpaired) electrons. The summed E-state index contributed by atoms with van der Waals surface area (Å²) in [6.45, 7) is 4.27. The molecule has 0 saturated carbocycles. The number of fused-ring (bicyclic) bond motifs is 1. The molecule has 9 heteroatoms. The standard InChI is InChI=1S/C27H35N3O6/c1-3-4-12-29(13-11-28)24(31)16-30-15-21(19-7-10-22-23(14-19)36-17-35-22)25(27(32)33)26(30)18-5-8-20(34-2)9-6-18/h5-10,14,21,25-26H,3-4,11-13,15-17,28H2,1-2H3,(H,32,33)/t21-,25+,26-/m1/s1. The number of carbonyl (C=O) groups excluding carboxylic acids is 1. The first-order chi connectivity index (χ1) is 17.5. The summed E-state index contributed by atoms with van der Waals surface area (Å²) in [6.07, 6.45) is 1.87. The maximum atomic E-state index is 13.4. The first-order valence-corrected chi connectivity index (χ1v) is 12.4. The highest BCUT2D eigenvalue weighted by Crippen LogP contribution is 2.47. The van der Waals surface area contributed by atoms with Crippen molar-refractivity contribution in [1.29, 1.82) is 0 Å². The number of hydrogen-bond acceptors (Lipinski definition) is 7. The van der Waals surface area contributed by atoms with Gasteiger partial charge in [0.15, 0.2) is 11.5 Å². The minimum atomic E-state index is -0.904. The molecule has 0 aliphatic carbocycles. The number of likely N-dealkylation sites (tertiary alicyclic amines) is 1. The lowest BCUT2D eigenvalue weighted by atomic mass is 9.82. The third-order valence-corrected chi connectivity index (χ3v) is 7.04. The Labute approximate surface area is 211 Å². The minimum Gasteiger partial charge on any atom is -0.497 e. The summed E-state index contributed by atoms with van der Waals surface area (Å²) in [7, 11) is 1.59. The van der Waals surface area contributed by atoms with Crippen molar-refractivity contribution >= 4 is 11.9 Å². The molecule has 9 nitrogen and oxygen atoms in total. The Hall–Kier alpha value is -3.30. The molecule has 4 rings (SSSR count). The number of unbranched alkanes of at least 4 members (excludes halogenated alkanes) is 1. The monoisotopic (exact) mass is 497 g/mol. The van der Waals surface area contributed by atoms with Gasteiger partial charge in [0.05, 0.1) is 19.6 Å². The van der Waals surface area contributed by atoms with Crippen LogP contribution in [0.4, 0.5) is 0 Å². The number of rotatable bonds is 11. The molecule has 194 valence electrons. The largest absolute Gasteiger partial charge is 0.497 e. The summed E-state index contributed by atoms with van der Waals surface area (Å²) in [5.74, 6) is -0.0920. The molecule has 3 atom stereocenters. The molecule has 2 heterocycles. The Kier molecular flexibility index (Phi) is 8.32. The van der Waals surface area contributed by atoms with Crippen molar-refractivity contribution in [3.63, 3.8) is 0 Å². The van der Waals surface area contributed by atoms with Gasteiger partial charge >= 0.3 is 5.97 Å². The zero-order valence-electron chi connectivity index (χ0n) is 20.9. The van der Waals surface area contributed by atoms with Crippen LogP contribution in [-0.4, -0.2) is 73.4 Å². The quantitative estimate of drug-likeness (QED) is 0.487. The fourth-order valence-electron chi connectivity index (χ4n) is 5.21. The molecule has 1 fully saturated rings. The summed E-state index contributed by atoms with van der Waals surface area (Å²) in [5, 5.41) is 10.4. The first kappa shape index (κ1) is 25.8. The Morgan fingerprint density at radius 3 is 2.50 bits per heavy atom. The van der Waals surface area contributed by atoms with Crippen LogP contribution >= 0.6 is 0 Å². The smallest absolute Gasteiger partial charge is 0.309 e. The van der Waals surface area contributed by atoms with Crippen molar-refractivity contribution < 1.29 is 28.9 Å². The molecule has 1 amide bonds. The van der Waals surface area contributed by atoms with Crippen LogP contribution in [0.25, 0.3) is 0 Å². The highest BCUT2D eigenvalue weighted by atomic mass is 16.7. The number of methoxy groups -OCH3 is 1. The average molecular weight is 498 g/mol. The summed E-state index contributed by atoms with van der Waals surface area (Å²) in [5.41, 5.74) is 7.46. The van der Waals surface area contributed by atoms with Crippen LogP contribution in [-0.2, 0) is 9.59 Å². The molecule has 3 N–H and O–H groups in total. The maximum Gasteiger partial charge on any atom is 0.309 e. The Balaban J connectivity index is 1.68. The van der Waals surface area contributed by atoms with Crippen LogP contribution in [0.5, 0.6) is 17.2 Å². The number of ether oxygens (including phenoxy) is 3. The number of nitrogens with two attached hydrogens (primary N) is 1. The van der Waals surface area contributed by atoms with Gasteiger partial charge in [-0.15, -0.1) is 0 Å². The molecule has 0 aromatic heterocycles. The second-order valence-corrected chi connectivity index (χ2v) is 9.25. The van der Waals surface area contributed by atoms with Crippen LogP contribution in [0.15, 0.2) is 42.5 Å². The van der Waals surface area contributed by atoms with Gasteiger partial charge in [-0.25, -0.2) is 0 Å². The molecule has 36 heavy (non-hydrogen) atoms. The highest BCUT2D eigenvalue weighted by Gasteiger charge is 2.48. The third-order valence-electron chi connectivity index (χ3n) is 7.04. The summed E-state index contributed by atoms with van der Waals surface area (Å²) in [6, 6.07) is 12.5. The fraction of sp³-hybridized carbons (Fsp3) is 0.481. The lowest BCUT2D eigenvalue weighted by Gasteiger charge is -2.30. The van der Waals surface area contributed by atoms with E-state index in [2.05, 4.69) is 6.92 Å². The summed E-state index contributed by atoms with van der Waals surface area (Å²) in [4.78, 5) is 29.9. The van der Waals surface area contributed by atoms with Crippen molar-refractivity contribution in [3.8, 4) is 17.2 Å². The van der Waals surface area contributed by atoms with Crippen molar-refractivity contribution in [3.05, 3.63) is 53.6 Å². The molecule has 0 spiro atoms. The van der Waals surface area contributed by atoms with Crippen molar-refractivity contribution in [2.75, 3.05) is 46.6 Å². The van der Waals surface area contributed by atoms with E-state index in [4.69, 9.17) is 19.9 Å². The fourth-order valence-corrected chi connectivity index (χ4v) is 5.21. The molecule has 0 bridgehead atoms. The van der Waals surface area contributed by atoms with Crippen LogP contribution in [0.2, 0.25) is 0 Å². The number of amides is 1. The summed E-state index contributed by atoms with van der Waals surface area (Å²) >= 11 is 0. The molecular formula is C27H35N3O6. The van der Waals surface area contributed by atoms with E-state index in [0.717, 1.165) is 24.0 Å². The van der Waals surface area contributed by atoms with E-state index in [9.17, 15) is 14.7 Å². The van der Waals surface area contributed by atoms with Crippen LogP contribution in [0, 0.1) is 5.92 Å². The summed E-state index contributed by atoms with van der Waals surface area (Å²) < 4.78 is 16.3. The molecule has 2 aliphatic rings. The molecule has 2 aromatic rings. The predicted molar refractivity (Wildman–Crippen MR) is 134 cm³/mol. The highest BCUT2D eigenvalue weighted by molar-refractivity contribution is 5.79. The third kappa shape index (κ3) is 5.42. The Morgan fingerprint density at radius 2 is 1.83 bits per heavy atom. The lowest BCUT2D eigenvalue weighted by molar-refractivity contribution is -0.143. The zero-order valence-corrected chi connectivity index (χ0v) is 20.9. The second kappa shape index (κ2) is 11.6. The van der Waals surface area contributed by atoms with Gasteiger partial charge in [-0.3, -0.25) is 14.5 Å². The van der Waals surface area contributed by atoms with E-state index >= 15 is 0 Å². The van der Waals surface area contributed by atoms with Gasteiger partial charge in [0.25, 0.3) is 0 Å². The van der Waals surface area contributed by atoms with Crippen molar-refractivity contribution in [2.24, 2.45) is 11.7 Å². The first-order valence-electron chi connectivity index (χ1n) is 12.4. The van der Waals surface area contributed by atoms with Crippen LogP contribution < -0.4 is 19.9 Å². The molecule has 2 aromatic carbocycles. The van der Waals surface area contributed by atoms with Gasteiger partial charge in [-0.1, -0.05) is 31.5 Å².